The monoisotopic (exact) mass is 253 g/mol. The molecule has 0 spiro atoms. The van der Waals surface area contributed by atoms with Gasteiger partial charge < -0.3 is 10.2 Å². The van der Waals surface area contributed by atoms with Crippen LogP contribution in [0.25, 0.3) is 0 Å². The summed E-state index contributed by atoms with van der Waals surface area (Å²) in [6.07, 6.45) is 6.71. The summed E-state index contributed by atoms with van der Waals surface area (Å²) in [5.41, 5.74) is 1.18. The van der Waals surface area contributed by atoms with E-state index in [0.717, 1.165) is 13.0 Å². The highest BCUT2D eigenvalue weighted by Crippen LogP contribution is 2.13. The zero-order chi connectivity index (χ0) is 11.9. The highest BCUT2D eigenvalue weighted by atomic mass is 32.1. The van der Waals surface area contributed by atoms with Crippen LogP contribution in [0.5, 0.6) is 0 Å². The first kappa shape index (κ1) is 13.0. The van der Waals surface area contributed by atoms with E-state index in [2.05, 4.69) is 20.6 Å². The molecule has 96 valence electrons. The largest absolute Gasteiger partial charge is 0.314 e. The average molecular weight is 253 g/mol. The summed E-state index contributed by atoms with van der Waals surface area (Å²) in [5.74, 6) is 0. The lowest BCUT2D eigenvalue weighted by Gasteiger charge is -2.18. The van der Waals surface area contributed by atoms with Crippen molar-refractivity contribution in [2.45, 2.75) is 38.6 Å². The van der Waals surface area contributed by atoms with Crippen LogP contribution < -0.4 is 5.32 Å². The van der Waals surface area contributed by atoms with Crippen LogP contribution in [0.15, 0.2) is 5.38 Å². The molecule has 0 radical (unpaired) electrons. The second-order valence-electron chi connectivity index (χ2n) is 4.77. The quantitative estimate of drug-likeness (QED) is 0.872. The molecular formula is C13H23N3S. The van der Waals surface area contributed by atoms with Crippen molar-refractivity contribution in [1.29, 1.82) is 0 Å². The summed E-state index contributed by atoms with van der Waals surface area (Å²) in [7, 11) is 1.97. The van der Waals surface area contributed by atoms with Gasteiger partial charge in [-0.3, -0.25) is 0 Å². The van der Waals surface area contributed by atoms with E-state index in [4.69, 9.17) is 0 Å². The molecule has 0 atom stereocenters. The highest BCUT2D eigenvalue weighted by Gasteiger charge is 2.09. The van der Waals surface area contributed by atoms with Crippen LogP contribution in [-0.4, -0.2) is 36.6 Å². The third-order valence-corrected chi connectivity index (χ3v) is 4.26. The van der Waals surface area contributed by atoms with Crippen molar-refractivity contribution in [3.05, 3.63) is 16.1 Å². The minimum atomic E-state index is 0.889. The summed E-state index contributed by atoms with van der Waals surface area (Å²) >= 11 is 1.81. The Labute approximate surface area is 108 Å². The number of thiazole rings is 1. The Balaban J connectivity index is 1.75. The fraction of sp³-hybridized carbons (Fsp3) is 0.769. The molecule has 1 fully saturated rings. The SMILES string of the molecule is CNCc1csc(CCN2CCCCCC2)n1. The fourth-order valence-corrected chi connectivity index (χ4v) is 3.13. The Bertz CT molecular complexity index is 316. The maximum absolute atomic E-state index is 4.64. The van der Waals surface area contributed by atoms with Crippen LogP contribution in [0, 0.1) is 0 Å². The van der Waals surface area contributed by atoms with Gasteiger partial charge in [0.05, 0.1) is 10.7 Å². The molecule has 0 unspecified atom stereocenters. The van der Waals surface area contributed by atoms with Crippen LogP contribution in [0.4, 0.5) is 0 Å². The number of aromatic nitrogens is 1. The van der Waals surface area contributed by atoms with Gasteiger partial charge in [0, 0.05) is 24.9 Å². The molecular weight excluding hydrogens is 230 g/mol. The lowest BCUT2D eigenvalue weighted by atomic mass is 10.2. The van der Waals surface area contributed by atoms with Crippen molar-refractivity contribution in [3.63, 3.8) is 0 Å². The highest BCUT2D eigenvalue weighted by molar-refractivity contribution is 7.09. The number of nitrogens with one attached hydrogen (secondary N) is 1. The van der Waals surface area contributed by atoms with Gasteiger partial charge in [0.1, 0.15) is 0 Å². The molecule has 1 aliphatic heterocycles. The van der Waals surface area contributed by atoms with E-state index in [1.807, 2.05) is 7.05 Å². The predicted octanol–water partition coefficient (Wildman–Crippen LogP) is 2.28. The topological polar surface area (TPSA) is 28.2 Å². The maximum atomic E-state index is 4.64. The Morgan fingerprint density at radius 1 is 1.29 bits per heavy atom. The summed E-state index contributed by atoms with van der Waals surface area (Å²) in [4.78, 5) is 7.24. The van der Waals surface area contributed by atoms with E-state index >= 15 is 0 Å². The van der Waals surface area contributed by atoms with Crippen LogP contribution in [-0.2, 0) is 13.0 Å². The summed E-state index contributed by atoms with van der Waals surface area (Å²) in [6.45, 7) is 4.65. The van der Waals surface area contributed by atoms with Gasteiger partial charge in [0.2, 0.25) is 0 Å². The lowest BCUT2D eigenvalue weighted by molar-refractivity contribution is 0.288. The van der Waals surface area contributed by atoms with Gasteiger partial charge in [-0.25, -0.2) is 4.98 Å². The van der Waals surface area contributed by atoms with Crippen LogP contribution in [0.1, 0.15) is 36.4 Å². The fourth-order valence-electron chi connectivity index (χ4n) is 2.34. The normalized spacial score (nSPS) is 18.2. The molecule has 2 heterocycles. The molecule has 0 aromatic carbocycles. The van der Waals surface area contributed by atoms with E-state index in [9.17, 15) is 0 Å². The van der Waals surface area contributed by atoms with Gasteiger partial charge in [0.25, 0.3) is 0 Å². The number of hydrogen-bond acceptors (Lipinski definition) is 4. The first-order valence-corrected chi connectivity index (χ1v) is 7.56. The zero-order valence-electron chi connectivity index (χ0n) is 10.7. The van der Waals surface area contributed by atoms with Crippen molar-refractivity contribution in [1.82, 2.24) is 15.2 Å². The molecule has 1 aromatic heterocycles. The standard InChI is InChI=1S/C13H23N3S/c1-14-10-12-11-17-13(15-12)6-9-16-7-4-2-3-5-8-16/h11,14H,2-10H2,1H3. The van der Waals surface area contributed by atoms with Gasteiger partial charge in [-0.15, -0.1) is 11.3 Å². The molecule has 0 saturated carbocycles. The molecule has 0 aliphatic carbocycles. The summed E-state index contributed by atoms with van der Waals surface area (Å²) in [5, 5.41) is 6.61. The second kappa shape index (κ2) is 7.09. The van der Waals surface area contributed by atoms with Gasteiger partial charge in [-0.1, -0.05) is 12.8 Å². The molecule has 1 aromatic rings. The third kappa shape index (κ3) is 4.37. The lowest BCUT2D eigenvalue weighted by Crippen LogP contribution is -2.26. The molecule has 17 heavy (non-hydrogen) atoms. The average Bonchev–Trinajstić information content (AvgIpc) is 2.63. The number of likely N-dealkylation sites (tertiary alicyclic amines) is 1. The van der Waals surface area contributed by atoms with Crippen molar-refractivity contribution in [2.24, 2.45) is 0 Å². The van der Waals surface area contributed by atoms with Crippen LogP contribution in [0.2, 0.25) is 0 Å². The second-order valence-corrected chi connectivity index (χ2v) is 5.71. The molecule has 0 bridgehead atoms. The maximum Gasteiger partial charge on any atom is 0.0941 e. The van der Waals surface area contributed by atoms with E-state index in [1.54, 1.807) is 11.3 Å². The van der Waals surface area contributed by atoms with Crippen molar-refractivity contribution in [3.8, 4) is 0 Å². The van der Waals surface area contributed by atoms with E-state index in [-0.39, 0.29) is 0 Å². The number of rotatable bonds is 5. The minimum absolute atomic E-state index is 0.889. The van der Waals surface area contributed by atoms with Crippen molar-refractivity contribution >= 4 is 11.3 Å². The Hall–Kier alpha value is -0.450. The Kier molecular flexibility index (Phi) is 5.42. The molecule has 4 heteroatoms. The Morgan fingerprint density at radius 2 is 2.06 bits per heavy atom. The van der Waals surface area contributed by atoms with E-state index in [0.29, 0.717) is 0 Å². The molecule has 1 saturated heterocycles. The molecule has 1 N–H and O–H groups in total. The van der Waals surface area contributed by atoms with Crippen molar-refractivity contribution < 1.29 is 0 Å². The number of hydrogen-bond donors (Lipinski definition) is 1. The first-order valence-electron chi connectivity index (χ1n) is 6.69. The summed E-state index contributed by atoms with van der Waals surface area (Å²) < 4.78 is 0. The van der Waals surface area contributed by atoms with Gasteiger partial charge in [-0.05, 0) is 33.0 Å². The molecule has 3 nitrogen and oxygen atoms in total. The summed E-state index contributed by atoms with van der Waals surface area (Å²) in [6, 6.07) is 0. The van der Waals surface area contributed by atoms with Crippen LogP contribution >= 0.6 is 11.3 Å². The van der Waals surface area contributed by atoms with Gasteiger partial charge >= 0.3 is 0 Å². The number of nitrogens with zero attached hydrogens (tertiary/aromatic N) is 2. The molecule has 1 aliphatic rings. The van der Waals surface area contributed by atoms with E-state index < -0.39 is 0 Å². The van der Waals surface area contributed by atoms with Gasteiger partial charge in [0.15, 0.2) is 0 Å². The van der Waals surface area contributed by atoms with Gasteiger partial charge in [-0.2, -0.15) is 0 Å². The smallest absolute Gasteiger partial charge is 0.0941 e. The van der Waals surface area contributed by atoms with Crippen LogP contribution in [0.3, 0.4) is 0 Å². The zero-order valence-corrected chi connectivity index (χ0v) is 11.6. The molecule has 2 rings (SSSR count). The minimum Gasteiger partial charge on any atom is -0.314 e. The van der Waals surface area contributed by atoms with E-state index in [1.165, 1.54) is 56.0 Å². The first-order chi connectivity index (χ1) is 8.38. The van der Waals surface area contributed by atoms with Crippen molar-refractivity contribution in [2.75, 3.05) is 26.7 Å². The third-order valence-electron chi connectivity index (χ3n) is 3.30. The molecule has 0 amide bonds. The Morgan fingerprint density at radius 3 is 2.76 bits per heavy atom. The predicted molar refractivity (Wildman–Crippen MR) is 73.5 cm³/mol.